The van der Waals surface area contributed by atoms with Gasteiger partial charge in [-0.3, -0.25) is 9.59 Å². The number of fused-ring (bicyclic) bond motifs is 1. The minimum atomic E-state index is -0.124. The lowest BCUT2D eigenvalue weighted by Gasteiger charge is -2.30. The molecule has 23 heavy (non-hydrogen) atoms. The molecule has 0 radical (unpaired) electrons. The van der Waals surface area contributed by atoms with Crippen LogP contribution in [-0.2, 0) is 11.2 Å². The van der Waals surface area contributed by atoms with Gasteiger partial charge in [-0.2, -0.15) is 4.52 Å². The SMILES string of the molecule is CCCc1cc(=O)n2nc(N3CCC(C(=O)NC)CC3)sc2n1. The van der Waals surface area contributed by atoms with Gasteiger partial charge >= 0.3 is 0 Å². The number of piperidine rings is 1. The fourth-order valence-electron chi connectivity index (χ4n) is 2.90. The molecule has 0 spiro atoms. The molecule has 3 rings (SSSR count). The molecular weight excluding hydrogens is 314 g/mol. The van der Waals surface area contributed by atoms with Gasteiger partial charge in [-0.1, -0.05) is 24.7 Å². The van der Waals surface area contributed by atoms with Gasteiger partial charge in [0.1, 0.15) is 0 Å². The third kappa shape index (κ3) is 3.21. The summed E-state index contributed by atoms with van der Waals surface area (Å²) in [6, 6.07) is 1.57. The summed E-state index contributed by atoms with van der Waals surface area (Å²) in [5, 5.41) is 7.93. The zero-order chi connectivity index (χ0) is 16.4. The third-order valence-corrected chi connectivity index (χ3v) is 5.15. The van der Waals surface area contributed by atoms with Crippen molar-refractivity contribution in [2.45, 2.75) is 32.6 Å². The number of hydrogen-bond donors (Lipinski definition) is 1. The first-order valence-electron chi connectivity index (χ1n) is 7.98. The summed E-state index contributed by atoms with van der Waals surface area (Å²) < 4.78 is 1.38. The van der Waals surface area contributed by atoms with E-state index in [1.54, 1.807) is 13.1 Å². The van der Waals surface area contributed by atoms with Gasteiger partial charge in [-0.05, 0) is 19.3 Å². The Bertz CT molecular complexity index is 761. The highest BCUT2D eigenvalue weighted by Gasteiger charge is 2.26. The van der Waals surface area contributed by atoms with Crippen molar-refractivity contribution in [1.82, 2.24) is 19.9 Å². The zero-order valence-corrected chi connectivity index (χ0v) is 14.2. The van der Waals surface area contributed by atoms with Crippen LogP contribution in [0.15, 0.2) is 10.9 Å². The lowest BCUT2D eigenvalue weighted by Crippen LogP contribution is -2.39. The van der Waals surface area contributed by atoms with Gasteiger partial charge in [0.15, 0.2) is 0 Å². The first-order valence-corrected chi connectivity index (χ1v) is 8.80. The molecule has 124 valence electrons. The number of carbonyl (C=O) groups excluding carboxylic acids is 1. The summed E-state index contributed by atoms with van der Waals surface area (Å²) in [5.74, 6) is 0.179. The summed E-state index contributed by atoms with van der Waals surface area (Å²) in [5.41, 5.74) is 0.701. The van der Waals surface area contributed by atoms with Crippen molar-refractivity contribution < 1.29 is 4.79 Å². The van der Waals surface area contributed by atoms with Crippen molar-refractivity contribution in [2.24, 2.45) is 5.92 Å². The Morgan fingerprint density at radius 2 is 2.17 bits per heavy atom. The van der Waals surface area contributed by atoms with Gasteiger partial charge in [0.2, 0.25) is 16.0 Å². The van der Waals surface area contributed by atoms with Crippen LogP contribution in [0.25, 0.3) is 4.96 Å². The molecule has 0 unspecified atom stereocenters. The third-order valence-electron chi connectivity index (χ3n) is 4.18. The van der Waals surface area contributed by atoms with E-state index in [0.717, 1.165) is 49.6 Å². The maximum atomic E-state index is 12.1. The lowest BCUT2D eigenvalue weighted by atomic mass is 9.96. The van der Waals surface area contributed by atoms with Gasteiger partial charge < -0.3 is 10.2 Å². The predicted molar refractivity (Wildman–Crippen MR) is 90.1 cm³/mol. The summed E-state index contributed by atoms with van der Waals surface area (Å²) >= 11 is 1.44. The second-order valence-corrected chi connectivity index (χ2v) is 6.72. The highest BCUT2D eigenvalue weighted by atomic mass is 32.1. The number of hydrogen-bond acceptors (Lipinski definition) is 6. The molecule has 3 heterocycles. The molecule has 0 bridgehead atoms. The zero-order valence-electron chi connectivity index (χ0n) is 13.4. The van der Waals surface area contributed by atoms with E-state index in [4.69, 9.17) is 0 Å². The van der Waals surface area contributed by atoms with Gasteiger partial charge in [0.25, 0.3) is 5.56 Å². The molecule has 1 saturated heterocycles. The smallest absolute Gasteiger partial charge is 0.275 e. The Labute approximate surface area is 138 Å². The number of amides is 1. The highest BCUT2D eigenvalue weighted by Crippen LogP contribution is 2.26. The average molecular weight is 335 g/mol. The van der Waals surface area contributed by atoms with Crippen LogP contribution in [0.4, 0.5) is 5.13 Å². The van der Waals surface area contributed by atoms with E-state index in [9.17, 15) is 9.59 Å². The summed E-state index contributed by atoms with van der Waals surface area (Å²) in [6.45, 7) is 3.61. The van der Waals surface area contributed by atoms with Crippen molar-refractivity contribution in [2.75, 3.05) is 25.0 Å². The maximum Gasteiger partial charge on any atom is 0.275 e. The van der Waals surface area contributed by atoms with Crippen LogP contribution in [0, 0.1) is 5.92 Å². The first kappa shape index (κ1) is 15.9. The number of rotatable bonds is 4. The number of anilines is 1. The molecule has 1 amide bonds. The molecule has 2 aromatic heterocycles. The van der Waals surface area contributed by atoms with Crippen LogP contribution in [0.1, 0.15) is 31.9 Å². The van der Waals surface area contributed by atoms with Crippen molar-refractivity contribution in [3.63, 3.8) is 0 Å². The Morgan fingerprint density at radius 1 is 1.43 bits per heavy atom. The normalized spacial score (nSPS) is 16.0. The molecule has 7 nitrogen and oxygen atoms in total. The van der Waals surface area contributed by atoms with Crippen LogP contribution in [0.5, 0.6) is 0 Å². The minimum Gasteiger partial charge on any atom is -0.359 e. The molecule has 8 heteroatoms. The maximum absolute atomic E-state index is 12.1. The molecule has 0 aliphatic carbocycles. The van der Waals surface area contributed by atoms with Crippen LogP contribution < -0.4 is 15.8 Å². The molecule has 0 atom stereocenters. The monoisotopic (exact) mass is 335 g/mol. The Kier molecular flexibility index (Phi) is 4.61. The van der Waals surface area contributed by atoms with Crippen LogP contribution in [0.2, 0.25) is 0 Å². The largest absolute Gasteiger partial charge is 0.359 e. The standard InChI is InChI=1S/C15H21N5O2S/c1-3-4-11-9-12(21)20-14(17-11)23-15(18-20)19-7-5-10(6-8-19)13(22)16-2/h9-10H,3-8H2,1-2H3,(H,16,22). The topological polar surface area (TPSA) is 79.6 Å². The van der Waals surface area contributed by atoms with Gasteiger partial charge in [-0.15, -0.1) is 5.10 Å². The van der Waals surface area contributed by atoms with Crippen LogP contribution in [0.3, 0.4) is 0 Å². The quantitative estimate of drug-likeness (QED) is 0.904. The summed E-state index contributed by atoms with van der Waals surface area (Å²) in [7, 11) is 1.67. The molecule has 1 fully saturated rings. The molecule has 0 saturated carbocycles. The molecule has 1 aliphatic rings. The van der Waals surface area contributed by atoms with Crippen molar-refractivity contribution in [3.8, 4) is 0 Å². The predicted octanol–water partition coefficient (Wildman–Crippen LogP) is 1.07. The van der Waals surface area contributed by atoms with E-state index in [2.05, 4.69) is 27.2 Å². The highest BCUT2D eigenvalue weighted by molar-refractivity contribution is 7.20. The van der Waals surface area contributed by atoms with Crippen LogP contribution in [-0.4, -0.2) is 40.6 Å². The van der Waals surface area contributed by atoms with E-state index in [1.165, 1.54) is 15.9 Å². The number of aryl methyl sites for hydroxylation is 1. The van der Waals surface area contributed by atoms with Gasteiger partial charge in [0, 0.05) is 37.8 Å². The van der Waals surface area contributed by atoms with Crippen LogP contribution >= 0.6 is 11.3 Å². The van der Waals surface area contributed by atoms with E-state index in [0.29, 0.717) is 4.96 Å². The summed E-state index contributed by atoms with van der Waals surface area (Å²) in [4.78, 5) is 31.1. The number of carbonyl (C=O) groups is 1. The molecule has 2 aromatic rings. The molecule has 0 aromatic carbocycles. The summed E-state index contributed by atoms with van der Waals surface area (Å²) in [6.07, 6.45) is 3.37. The van der Waals surface area contributed by atoms with Gasteiger partial charge in [0.05, 0.1) is 0 Å². The number of aromatic nitrogens is 3. The first-order chi connectivity index (χ1) is 11.1. The second kappa shape index (κ2) is 6.66. The van der Waals surface area contributed by atoms with Crippen molar-refractivity contribution >= 4 is 27.3 Å². The Morgan fingerprint density at radius 3 is 2.83 bits per heavy atom. The Balaban J connectivity index is 1.80. The van der Waals surface area contributed by atoms with Crippen molar-refractivity contribution in [1.29, 1.82) is 0 Å². The number of nitrogens with zero attached hydrogens (tertiary/aromatic N) is 4. The van der Waals surface area contributed by atoms with Crippen molar-refractivity contribution in [3.05, 3.63) is 22.1 Å². The second-order valence-electron chi connectivity index (χ2n) is 5.79. The lowest BCUT2D eigenvalue weighted by molar-refractivity contribution is -0.125. The molecule has 1 aliphatic heterocycles. The number of nitrogens with one attached hydrogen (secondary N) is 1. The van der Waals surface area contributed by atoms with E-state index in [-0.39, 0.29) is 17.4 Å². The molecular formula is C15H21N5O2S. The average Bonchev–Trinajstić information content (AvgIpc) is 2.99. The minimum absolute atomic E-state index is 0.0719. The van der Waals surface area contributed by atoms with E-state index in [1.807, 2.05) is 0 Å². The fourth-order valence-corrected chi connectivity index (χ4v) is 3.87. The van der Waals surface area contributed by atoms with E-state index >= 15 is 0 Å². The fraction of sp³-hybridized carbons (Fsp3) is 0.600. The van der Waals surface area contributed by atoms with Gasteiger partial charge in [-0.25, -0.2) is 4.98 Å². The van der Waals surface area contributed by atoms with E-state index < -0.39 is 0 Å². The Hall–Kier alpha value is -1.96. The molecule has 1 N–H and O–H groups in total.